The van der Waals surface area contributed by atoms with Crippen molar-refractivity contribution in [3.63, 3.8) is 0 Å². The van der Waals surface area contributed by atoms with Crippen molar-refractivity contribution >= 4 is 27.9 Å². The molecule has 0 radical (unpaired) electrons. The maximum atomic E-state index is 12.7. The van der Waals surface area contributed by atoms with Crippen molar-refractivity contribution in [2.45, 2.75) is 40.2 Å². The Bertz CT molecular complexity index is 1190. The SMILES string of the molecule is CCc1nnc2sc(-c3ccc(C)c(NC(=O)c4ccc(OC(C)C)cc4)c3)nn12. The third-order valence-corrected chi connectivity index (χ3v) is 5.54. The number of rotatable bonds is 6. The average Bonchev–Trinajstić information content (AvgIpc) is 3.30. The van der Waals surface area contributed by atoms with E-state index in [-0.39, 0.29) is 12.0 Å². The number of ether oxygens (including phenoxy) is 1. The molecule has 0 aliphatic carbocycles. The first kappa shape index (κ1) is 20.0. The van der Waals surface area contributed by atoms with Gasteiger partial charge in [0.25, 0.3) is 5.91 Å². The minimum Gasteiger partial charge on any atom is -0.491 e. The van der Waals surface area contributed by atoms with Gasteiger partial charge in [-0.15, -0.1) is 10.2 Å². The van der Waals surface area contributed by atoms with Gasteiger partial charge in [-0.2, -0.15) is 9.61 Å². The molecule has 0 aliphatic rings. The monoisotopic (exact) mass is 421 g/mol. The Labute approximate surface area is 178 Å². The third kappa shape index (κ3) is 4.04. The zero-order valence-corrected chi connectivity index (χ0v) is 18.2. The fourth-order valence-electron chi connectivity index (χ4n) is 3.04. The van der Waals surface area contributed by atoms with Crippen LogP contribution in [0.3, 0.4) is 0 Å². The molecule has 1 N–H and O–H groups in total. The Balaban J connectivity index is 1.56. The molecule has 0 spiro atoms. The van der Waals surface area contributed by atoms with Gasteiger partial charge in [0.1, 0.15) is 10.8 Å². The Kier molecular flexibility index (Phi) is 5.50. The molecule has 0 saturated heterocycles. The van der Waals surface area contributed by atoms with E-state index in [0.29, 0.717) is 5.56 Å². The molecule has 0 saturated carbocycles. The highest BCUT2D eigenvalue weighted by molar-refractivity contribution is 7.19. The second-order valence-electron chi connectivity index (χ2n) is 7.25. The van der Waals surface area contributed by atoms with Gasteiger partial charge in [0.15, 0.2) is 5.82 Å². The van der Waals surface area contributed by atoms with E-state index in [1.807, 2.05) is 58.0 Å². The number of nitrogens with one attached hydrogen (secondary N) is 1. The van der Waals surface area contributed by atoms with Crippen molar-refractivity contribution < 1.29 is 9.53 Å². The molecule has 4 aromatic rings. The lowest BCUT2D eigenvalue weighted by Gasteiger charge is -2.12. The van der Waals surface area contributed by atoms with Crippen molar-refractivity contribution in [2.24, 2.45) is 0 Å². The van der Waals surface area contributed by atoms with Gasteiger partial charge in [0.2, 0.25) is 4.96 Å². The molecule has 0 fully saturated rings. The molecule has 2 heterocycles. The summed E-state index contributed by atoms with van der Waals surface area (Å²) in [5.41, 5.74) is 3.22. The van der Waals surface area contributed by atoms with Crippen molar-refractivity contribution in [3.8, 4) is 16.3 Å². The predicted octanol–water partition coefficient (Wildman–Crippen LogP) is 4.76. The van der Waals surface area contributed by atoms with E-state index in [1.54, 1.807) is 16.6 Å². The van der Waals surface area contributed by atoms with Crippen molar-refractivity contribution in [3.05, 3.63) is 59.4 Å². The molecule has 30 heavy (non-hydrogen) atoms. The number of anilines is 1. The van der Waals surface area contributed by atoms with Crippen LogP contribution in [0.2, 0.25) is 0 Å². The first-order chi connectivity index (χ1) is 14.4. The lowest BCUT2D eigenvalue weighted by molar-refractivity contribution is 0.102. The standard InChI is InChI=1S/C22H23N5O2S/c1-5-19-24-25-22-27(19)26-21(30-22)16-7-6-14(4)18(12-16)23-20(28)15-8-10-17(11-9-15)29-13(2)3/h6-13H,5H2,1-4H3,(H,23,28). The highest BCUT2D eigenvalue weighted by Crippen LogP contribution is 2.29. The Morgan fingerprint density at radius 3 is 2.63 bits per heavy atom. The summed E-state index contributed by atoms with van der Waals surface area (Å²) in [6.45, 7) is 7.93. The summed E-state index contributed by atoms with van der Waals surface area (Å²) in [4.78, 5) is 13.5. The van der Waals surface area contributed by atoms with E-state index in [2.05, 4.69) is 20.6 Å². The number of aryl methyl sites for hydroxylation is 2. The van der Waals surface area contributed by atoms with Gasteiger partial charge in [0.05, 0.1) is 6.10 Å². The Morgan fingerprint density at radius 2 is 1.93 bits per heavy atom. The summed E-state index contributed by atoms with van der Waals surface area (Å²) < 4.78 is 7.41. The van der Waals surface area contributed by atoms with Gasteiger partial charge in [-0.05, 0) is 56.7 Å². The number of benzene rings is 2. The van der Waals surface area contributed by atoms with Crippen LogP contribution in [-0.2, 0) is 6.42 Å². The van der Waals surface area contributed by atoms with Gasteiger partial charge in [-0.3, -0.25) is 4.79 Å². The van der Waals surface area contributed by atoms with Crippen molar-refractivity contribution in [1.82, 2.24) is 19.8 Å². The zero-order chi connectivity index (χ0) is 21.3. The van der Waals surface area contributed by atoms with Crippen molar-refractivity contribution in [1.29, 1.82) is 0 Å². The molecule has 2 aromatic carbocycles. The summed E-state index contributed by atoms with van der Waals surface area (Å²) >= 11 is 1.47. The van der Waals surface area contributed by atoms with E-state index >= 15 is 0 Å². The number of carbonyl (C=O) groups is 1. The minimum atomic E-state index is -0.169. The summed E-state index contributed by atoms with van der Waals surface area (Å²) in [7, 11) is 0. The number of hydrogen-bond donors (Lipinski definition) is 1. The third-order valence-electron chi connectivity index (χ3n) is 4.59. The molecule has 2 aromatic heterocycles. The lowest BCUT2D eigenvalue weighted by atomic mass is 10.1. The van der Waals surface area contributed by atoms with Crippen molar-refractivity contribution in [2.75, 3.05) is 5.32 Å². The number of nitrogens with zero attached hydrogens (tertiary/aromatic N) is 4. The van der Waals surface area contributed by atoms with E-state index in [4.69, 9.17) is 4.74 Å². The molecular weight excluding hydrogens is 398 g/mol. The van der Waals surface area contributed by atoms with Crippen LogP contribution < -0.4 is 10.1 Å². The summed E-state index contributed by atoms with van der Waals surface area (Å²) in [5.74, 6) is 1.41. The Morgan fingerprint density at radius 1 is 1.17 bits per heavy atom. The van der Waals surface area contributed by atoms with E-state index in [9.17, 15) is 4.79 Å². The topological polar surface area (TPSA) is 81.4 Å². The number of fused-ring (bicyclic) bond motifs is 1. The van der Waals surface area contributed by atoms with Crippen LogP contribution >= 0.6 is 11.3 Å². The molecule has 0 bridgehead atoms. The molecular formula is C22H23N5O2S. The fraction of sp³-hybridized carbons (Fsp3) is 0.273. The second-order valence-corrected chi connectivity index (χ2v) is 8.20. The molecule has 0 atom stereocenters. The largest absolute Gasteiger partial charge is 0.491 e. The van der Waals surface area contributed by atoms with E-state index in [1.165, 1.54) is 11.3 Å². The number of amides is 1. The average molecular weight is 422 g/mol. The van der Waals surface area contributed by atoms with Crippen LogP contribution in [0.15, 0.2) is 42.5 Å². The highest BCUT2D eigenvalue weighted by atomic mass is 32.1. The first-order valence-electron chi connectivity index (χ1n) is 9.84. The molecule has 0 unspecified atom stereocenters. The van der Waals surface area contributed by atoms with Gasteiger partial charge < -0.3 is 10.1 Å². The normalized spacial score (nSPS) is 11.2. The van der Waals surface area contributed by atoms with Gasteiger partial charge in [0, 0.05) is 23.2 Å². The minimum absolute atomic E-state index is 0.0907. The van der Waals surface area contributed by atoms with Crippen LogP contribution in [0, 0.1) is 6.92 Å². The molecule has 1 amide bonds. The highest BCUT2D eigenvalue weighted by Gasteiger charge is 2.14. The molecule has 4 rings (SSSR count). The first-order valence-corrected chi connectivity index (χ1v) is 10.7. The lowest BCUT2D eigenvalue weighted by Crippen LogP contribution is -2.13. The van der Waals surface area contributed by atoms with Gasteiger partial charge >= 0.3 is 0 Å². The van der Waals surface area contributed by atoms with Crippen LogP contribution in [-0.4, -0.2) is 31.8 Å². The maximum Gasteiger partial charge on any atom is 0.255 e. The predicted molar refractivity (Wildman–Crippen MR) is 118 cm³/mol. The van der Waals surface area contributed by atoms with Gasteiger partial charge in [-0.1, -0.05) is 30.4 Å². The van der Waals surface area contributed by atoms with E-state index < -0.39 is 0 Å². The van der Waals surface area contributed by atoms with E-state index in [0.717, 1.165) is 44.8 Å². The van der Waals surface area contributed by atoms with Crippen LogP contribution in [0.4, 0.5) is 5.69 Å². The number of carbonyl (C=O) groups excluding carboxylic acids is 1. The Hall–Kier alpha value is -3.26. The second kappa shape index (κ2) is 8.23. The van der Waals surface area contributed by atoms with Crippen LogP contribution in [0.25, 0.3) is 15.5 Å². The summed E-state index contributed by atoms with van der Waals surface area (Å²) in [5, 5.41) is 16.8. The summed E-state index contributed by atoms with van der Waals surface area (Å²) in [6.07, 6.45) is 0.855. The number of aromatic nitrogens is 4. The molecule has 154 valence electrons. The molecule has 7 nitrogen and oxygen atoms in total. The zero-order valence-electron chi connectivity index (χ0n) is 17.3. The fourth-order valence-corrected chi connectivity index (χ4v) is 3.89. The smallest absolute Gasteiger partial charge is 0.255 e. The molecule has 8 heteroatoms. The van der Waals surface area contributed by atoms with Gasteiger partial charge in [-0.25, -0.2) is 0 Å². The van der Waals surface area contributed by atoms with Crippen LogP contribution in [0.1, 0.15) is 42.5 Å². The molecule has 0 aliphatic heterocycles. The number of hydrogen-bond acceptors (Lipinski definition) is 6. The van der Waals surface area contributed by atoms with Crippen LogP contribution in [0.5, 0.6) is 5.75 Å². The maximum absolute atomic E-state index is 12.7. The quantitative estimate of drug-likeness (QED) is 0.485. The summed E-state index contributed by atoms with van der Waals surface area (Å²) in [6, 6.07) is 13.1.